The minimum atomic E-state index is -0.269. The van der Waals surface area contributed by atoms with Gasteiger partial charge in [-0.3, -0.25) is 15.0 Å². The first-order chi connectivity index (χ1) is 14.5. The summed E-state index contributed by atoms with van der Waals surface area (Å²) in [6.45, 7) is 7.00. The van der Waals surface area contributed by atoms with Crippen LogP contribution in [0.2, 0.25) is 0 Å². The number of aryl methyl sites for hydroxylation is 1. The number of amides is 3. The van der Waals surface area contributed by atoms with Gasteiger partial charge in [0.25, 0.3) is 5.91 Å². The summed E-state index contributed by atoms with van der Waals surface area (Å²) in [5.41, 5.74) is 3.48. The molecule has 3 rings (SSSR count). The molecule has 3 amide bonds. The number of hydrogen-bond donors (Lipinski definition) is 3. The van der Waals surface area contributed by atoms with Gasteiger partial charge in [-0.25, -0.2) is 19.7 Å². The number of piperidine rings is 1. The van der Waals surface area contributed by atoms with Gasteiger partial charge >= 0.3 is 6.03 Å². The first-order valence-corrected chi connectivity index (χ1v) is 10.3. The normalized spacial score (nSPS) is 14.9. The lowest BCUT2D eigenvalue weighted by atomic mass is 9.88. The van der Waals surface area contributed by atoms with Gasteiger partial charge in [-0.1, -0.05) is 6.07 Å². The molecule has 0 bridgehead atoms. The van der Waals surface area contributed by atoms with Crippen LogP contribution < -0.4 is 16.0 Å². The highest BCUT2D eigenvalue weighted by molar-refractivity contribution is 5.92. The van der Waals surface area contributed by atoms with E-state index in [1.165, 1.54) is 11.9 Å². The van der Waals surface area contributed by atoms with Crippen molar-refractivity contribution in [1.82, 2.24) is 30.5 Å². The van der Waals surface area contributed by atoms with Gasteiger partial charge in [0.05, 0.1) is 5.69 Å². The van der Waals surface area contributed by atoms with Crippen molar-refractivity contribution in [1.29, 1.82) is 0 Å². The van der Waals surface area contributed by atoms with E-state index in [1.807, 2.05) is 26.0 Å². The van der Waals surface area contributed by atoms with Crippen LogP contribution in [-0.2, 0) is 6.54 Å². The van der Waals surface area contributed by atoms with E-state index >= 15 is 0 Å². The Morgan fingerprint density at radius 2 is 1.97 bits per heavy atom. The molecule has 0 atom stereocenters. The van der Waals surface area contributed by atoms with Gasteiger partial charge < -0.3 is 10.6 Å². The van der Waals surface area contributed by atoms with E-state index < -0.39 is 0 Å². The summed E-state index contributed by atoms with van der Waals surface area (Å²) in [5.74, 6) is 0.775. The highest BCUT2D eigenvalue weighted by Gasteiger charge is 2.23. The zero-order valence-corrected chi connectivity index (χ0v) is 17.7. The number of carbonyl (C=O) groups is 2. The molecule has 1 saturated heterocycles. The van der Waals surface area contributed by atoms with Gasteiger partial charge in [0, 0.05) is 31.9 Å². The van der Waals surface area contributed by atoms with Crippen LogP contribution in [0.5, 0.6) is 0 Å². The fourth-order valence-electron chi connectivity index (χ4n) is 3.76. The molecule has 2 aromatic rings. The number of pyridine rings is 1. The molecule has 9 nitrogen and oxygen atoms in total. The summed E-state index contributed by atoms with van der Waals surface area (Å²) in [5, 5.41) is 8.01. The first-order valence-electron chi connectivity index (χ1n) is 10.3. The number of hydrogen-bond acceptors (Lipinski definition) is 6. The Kier molecular flexibility index (Phi) is 7.29. The molecule has 1 aliphatic rings. The van der Waals surface area contributed by atoms with E-state index in [9.17, 15) is 9.59 Å². The molecule has 0 radical (unpaired) electrons. The smallest absolute Gasteiger partial charge is 0.320 e. The predicted octanol–water partition coefficient (Wildman–Crippen LogP) is 2.06. The number of urea groups is 1. The second-order valence-electron chi connectivity index (χ2n) is 7.38. The van der Waals surface area contributed by atoms with E-state index in [-0.39, 0.29) is 11.9 Å². The van der Waals surface area contributed by atoms with Crippen LogP contribution in [0.25, 0.3) is 0 Å². The van der Waals surface area contributed by atoms with E-state index in [1.54, 1.807) is 13.1 Å². The molecule has 0 saturated carbocycles. The minimum Gasteiger partial charge on any atom is -0.354 e. The van der Waals surface area contributed by atoms with Crippen molar-refractivity contribution in [3.63, 3.8) is 0 Å². The van der Waals surface area contributed by atoms with Gasteiger partial charge in [-0.05, 0) is 57.3 Å². The van der Waals surface area contributed by atoms with Gasteiger partial charge in [0.15, 0.2) is 0 Å². The summed E-state index contributed by atoms with van der Waals surface area (Å²) >= 11 is 0. The van der Waals surface area contributed by atoms with Crippen LogP contribution in [0.1, 0.15) is 53.1 Å². The van der Waals surface area contributed by atoms with Crippen molar-refractivity contribution in [2.24, 2.45) is 0 Å². The summed E-state index contributed by atoms with van der Waals surface area (Å²) < 4.78 is 0. The molecule has 0 aliphatic carbocycles. The SMILES string of the molecule is CCNC(=O)Nc1cc(CN2CCC(c3ccc(C(=O)NC)nc3C)CC2)ncn1. The predicted molar refractivity (Wildman–Crippen MR) is 114 cm³/mol. The van der Waals surface area contributed by atoms with Crippen LogP contribution in [0.3, 0.4) is 0 Å². The van der Waals surface area contributed by atoms with Gasteiger partial charge in [-0.15, -0.1) is 0 Å². The molecule has 1 fully saturated rings. The number of rotatable bonds is 6. The highest BCUT2D eigenvalue weighted by Crippen LogP contribution is 2.30. The van der Waals surface area contributed by atoms with E-state index in [0.29, 0.717) is 30.5 Å². The molecule has 0 spiro atoms. The third kappa shape index (κ3) is 5.50. The lowest BCUT2D eigenvalue weighted by molar-refractivity contribution is 0.0958. The Morgan fingerprint density at radius 1 is 1.20 bits per heavy atom. The molecule has 1 aliphatic heterocycles. The average molecular weight is 412 g/mol. The molecule has 30 heavy (non-hydrogen) atoms. The summed E-state index contributed by atoms with van der Waals surface area (Å²) in [6.07, 6.45) is 3.53. The Morgan fingerprint density at radius 3 is 2.63 bits per heavy atom. The van der Waals surface area contributed by atoms with Crippen LogP contribution in [0.15, 0.2) is 24.5 Å². The molecular weight excluding hydrogens is 382 g/mol. The monoisotopic (exact) mass is 411 g/mol. The fourth-order valence-corrected chi connectivity index (χ4v) is 3.76. The zero-order chi connectivity index (χ0) is 21.5. The highest BCUT2D eigenvalue weighted by atomic mass is 16.2. The first kappa shape index (κ1) is 21.6. The Hall–Kier alpha value is -3.07. The average Bonchev–Trinajstić information content (AvgIpc) is 2.74. The Labute approximate surface area is 176 Å². The van der Waals surface area contributed by atoms with Crippen LogP contribution in [0.4, 0.5) is 10.6 Å². The van der Waals surface area contributed by atoms with Crippen molar-refractivity contribution >= 4 is 17.8 Å². The number of anilines is 1. The van der Waals surface area contributed by atoms with Crippen molar-refractivity contribution in [2.75, 3.05) is 32.0 Å². The minimum absolute atomic E-state index is 0.162. The maximum atomic E-state index is 11.8. The standard InChI is InChI=1S/C21H29N7O2/c1-4-23-21(30)27-19-11-16(24-13-25-19)12-28-9-7-15(8-10-28)17-5-6-18(20(29)22-3)26-14(17)2/h5-6,11,13,15H,4,7-10,12H2,1-3H3,(H,22,29)(H2,23,24,25,27,30). The maximum absolute atomic E-state index is 11.8. The number of nitrogens with zero attached hydrogens (tertiary/aromatic N) is 4. The van der Waals surface area contributed by atoms with Crippen molar-refractivity contribution in [3.05, 3.63) is 47.2 Å². The quantitative estimate of drug-likeness (QED) is 0.671. The molecule has 160 valence electrons. The summed E-state index contributed by atoms with van der Waals surface area (Å²) in [4.78, 5) is 38.7. The van der Waals surface area contributed by atoms with Crippen molar-refractivity contribution in [2.45, 2.75) is 39.2 Å². The lowest BCUT2D eigenvalue weighted by Gasteiger charge is -2.32. The molecule has 0 unspecified atom stereocenters. The van der Waals surface area contributed by atoms with Crippen LogP contribution in [0, 0.1) is 6.92 Å². The largest absolute Gasteiger partial charge is 0.354 e. The van der Waals surface area contributed by atoms with Crippen molar-refractivity contribution < 1.29 is 9.59 Å². The number of carbonyl (C=O) groups excluding carboxylic acids is 2. The maximum Gasteiger partial charge on any atom is 0.320 e. The molecule has 3 N–H and O–H groups in total. The van der Waals surface area contributed by atoms with Crippen molar-refractivity contribution in [3.8, 4) is 0 Å². The molecular formula is C21H29N7O2. The zero-order valence-electron chi connectivity index (χ0n) is 17.7. The van der Waals surface area contributed by atoms with Gasteiger partial charge in [-0.2, -0.15) is 0 Å². The Bertz CT molecular complexity index is 895. The van der Waals surface area contributed by atoms with Gasteiger partial charge in [0.2, 0.25) is 0 Å². The van der Waals surface area contributed by atoms with Crippen LogP contribution >= 0.6 is 0 Å². The van der Waals surface area contributed by atoms with E-state index in [2.05, 4.69) is 35.8 Å². The van der Waals surface area contributed by atoms with Gasteiger partial charge in [0.1, 0.15) is 17.8 Å². The summed E-state index contributed by atoms with van der Waals surface area (Å²) in [7, 11) is 1.61. The molecule has 9 heteroatoms. The third-order valence-corrected chi connectivity index (χ3v) is 5.30. The second kappa shape index (κ2) is 10.1. The van der Waals surface area contributed by atoms with Crippen LogP contribution in [-0.4, -0.2) is 58.5 Å². The van der Waals surface area contributed by atoms with E-state index in [4.69, 9.17) is 0 Å². The number of likely N-dealkylation sites (tertiary alicyclic amines) is 1. The third-order valence-electron chi connectivity index (χ3n) is 5.30. The number of aromatic nitrogens is 3. The Balaban J connectivity index is 1.56. The lowest BCUT2D eigenvalue weighted by Crippen LogP contribution is -2.33. The number of nitrogens with one attached hydrogen (secondary N) is 3. The molecule has 3 heterocycles. The molecule has 2 aromatic heterocycles. The fraction of sp³-hybridized carbons (Fsp3) is 0.476. The summed E-state index contributed by atoms with van der Waals surface area (Å²) in [6, 6.07) is 5.39. The molecule has 0 aromatic carbocycles. The van der Waals surface area contributed by atoms with E-state index in [0.717, 1.165) is 37.3 Å². The second-order valence-corrected chi connectivity index (χ2v) is 7.38. The topological polar surface area (TPSA) is 112 Å².